The van der Waals surface area contributed by atoms with Gasteiger partial charge in [-0.1, -0.05) is 0 Å². The summed E-state index contributed by atoms with van der Waals surface area (Å²) in [4.78, 5) is 0. The fraction of sp³-hybridized carbons (Fsp3) is 0. The Hall–Kier alpha value is 2.55. The first-order valence-corrected chi connectivity index (χ1v) is 0. The van der Waals surface area contributed by atoms with Crippen LogP contribution in [-0.4, -0.2) is 59.4 Å². The molecule has 4 heteroatoms. The van der Waals surface area contributed by atoms with Crippen molar-refractivity contribution in [3.8, 4) is 0 Å². The van der Waals surface area contributed by atoms with E-state index in [2.05, 4.69) is 0 Å². The van der Waals surface area contributed by atoms with Crippen LogP contribution in [0.5, 0.6) is 0 Å². The largest absolute Gasteiger partial charge is 0 e. The van der Waals surface area contributed by atoms with Crippen molar-refractivity contribution in [1.82, 2.24) is 0 Å². The summed E-state index contributed by atoms with van der Waals surface area (Å²) in [5, 5.41) is 0. The minimum absolute atomic E-state index is 0. The van der Waals surface area contributed by atoms with Crippen molar-refractivity contribution in [3.63, 3.8) is 0 Å². The smallest absolute Gasteiger partial charge is 0 e. The van der Waals surface area contributed by atoms with Gasteiger partial charge < -0.3 is 0 Å². The van der Waals surface area contributed by atoms with E-state index >= 15 is 0 Å². The van der Waals surface area contributed by atoms with Crippen molar-refractivity contribution in [2.75, 3.05) is 0 Å². The van der Waals surface area contributed by atoms with Gasteiger partial charge in [0.1, 0.15) is 0 Å². The van der Waals surface area contributed by atoms with Gasteiger partial charge in [0, 0.05) is 79.2 Å². The predicted octanol–water partition coefficient (Wildman–Crippen LogP) is -1.14. The van der Waals surface area contributed by atoms with Crippen molar-refractivity contribution < 1.29 is 19.8 Å². The van der Waals surface area contributed by atoms with E-state index in [1.54, 1.807) is 0 Å². The van der Waals surface area contributed by atoms with Gasteiger partial charge in [0.15, 0.2) is 0 Å². The van der Waals surface area contributed by atoms with E-state index in [4.69, 9.17) is 0 Å². The van der Waals surface area contributed by atoms with Gasteiger partial charge in [-0.3, -0.25) is 0 Å². The molecule has 0 aliphatic carbocycles. The van der Waals surface area contributed by atoms with Crippen molar-refractivity contribution in [2.45, 2.75) is 0 Å². The molecule has 9 radical (unpaired) electrons. The molecule has 0 aromatic carbocycles. The van der Waals surface area contributed by atoms with Gasteiger partial charge in [-0.05, 0) is 0 Å². The zero-order chi connectivity index (χ0) is 0. The monoisotopic (exact) mass is 399 g/mol. The first kappa shape index (κ1) is 31.1. The van der Waals surface area contributed by atoms with Crippen LogP contribution in [0.3, 0.4) is 0 Å². The molecule has 0 saturated carbocycles. The molecule has 0 nitrogen and oxygen atoms in total. The fourth-order valence-corrected chi connectivity index (χ4v) is 0. The maximum atomic E-state index is 0. The third-order valence-electron chi connectivity index (χ3n) is 0. The van der Waals surface area contributed by atoms with Gasteiger partial charge in [-0.15, -0.1) is 0 Å². The predicted molar refractivity (Wildman–Crippen MR) is 17.3 cm³/mol. The molecule has 0 aliphatic rings. The molecule has 17 valence electrons. The summed E-state index contributed by atoms with van der Waals surface area (Å²) >= 11 is 0. The molecule has 0 aromatic rings. The molecule has 0 aromatic heterocycles. The standard InChI is InChI=1S/3Ga.Os. The molecule has 0 fully saturated rings. The summed E-state index contributed by atoms with van der Waals surface area (Å²) < 4.78 is 0. The molecule has 0 N–H and O–H groups in total. The SMILES string of the molecule is [Ga].[Ga].[Ga].[Os]. The van der Waals surface area contributed by atoms with E-state index in [-0.39, 0.29) is 79.2 Å². The van der Waals surface area contributed by atoms with E-state index < -0.39 is 0 Å². The minimum Gasteiger partial charge on any atom is 0 e. The van der Waals surface area contributed by atoms with Crippen LogP contribution >= 0.6 is 0 Å². The molecule has 0 atom stereocenters. The van der Waals surface area contributed by atoms with Crippen molar-refractivity contribution in [3.05, 3.63) is 0 Å². The van der Waals surface area contributed by atoms with Crippen molar-refractivity contribution in [1.29, 1.82) is 0 Å². The minimum atomic E-state index is 0. The third-order valence-corrected chi connectivity index (χ3v) is 0. The molecule has 4 heavy (non-hydrogen) atoms. The summed E-state index contributed by atoms with van der Waals surface area (Å²) in [6, 6.07) is 0. The van der Waals surface area contributed by atoms with Crippen LogP contribution in [0.15, 0.2) is 0 Å². The maximum absolute atomic E-state index is 0. The Morgan fingerprint density at radius 2 is 0.500 bits per heavy atom. The van der Waals surface area contributed by atoms with Crippen LogP contribution in [-0.2, 0) is 19.8 Å². The normalized spacial score (nSPS) is 0. The molecule has 0 heterocycles. The Morgan fingerprint density at radius 3 is 0.500 bits per heavy atom. The summed E-state index contributed by atoms with van der Waals surface area (Å²) in [5.41, 5.74) is 0. The Morgan fingerprint density at radius 1 is 0.500 bits per heavy atom. The quantitative estimate of drug-likeness (QED) is 0.452. The molecule has 0 saturated heterocycles. The number of hydrogen-bond donors (Lipinski definition) is 0. The average molecular weight is 399 g/mol. The van der Waals surface area contributed by atoms with Crippen molar-refractivity contribution in [2.24, 2.45) is 0 Å². The van der Waals surface area contributed by atoms with Crippen LogP contribution in [0.2, 0.25) is 0 Å². The van der Waals surface area contributed by atoms with Gasteiger partial charge in [-0.25, -0.2) is 0 Å². The van der Waals surface area contributed by atoms with Crippen LogP contribution in [0.1, 0.15) is 0 Å². The summed E-state index contributed by atoms with van der Waals surface area (Å²) in [6.07, 6.45) is 0. The third kappa shape index (κ3) is 8.82. The van der Waals surface area contributed by atoms with E-state index in [9.17, 15) is 0 Å². The summed E-state index contributed by atoms with van der Waals surface area (Å²) in [5.74, 6) is 0. The maximum Gasteiger partial charge on any atom is 0 e. The van der Waals surface area contributed by atoms with E-state index in [0.29, 0.717) is 0 Å². The first-order valence-electron chi connectivity index (χ1n) is 0. The molecule has 0 bridgehead atoms. The van der Waals surface area contributed by atoms with Crippen LogP contribution in [0, 0.1) is 0 Å². The Kier molecular flexibility index (Phi) is 137. The van der Waals surface area contributed by atoms with Crippen LogP contribution in [0.4, 0.5) is 0 Å². The summed E-state index contributed by atoms with van der Waals surface area (Å²) in [7, 11) is 0. The number of rotatable bonds is 0. The first-order chi connectivity index (χ1) is 0. The zero-order valence-corrected chi connectivity index (χ0v) is 11.9. The van der Waals surface area contributed by atoms with Gasteiger partial charge in [0.2, 0.25) is 0 Å². The van der Waals surface area contributed by atoms with E-state index in [1.165, 1.54) is 0 Å². The van der Waals surface area contributed by atoms with E-state index in [1.807, 2.05) is 0 Å². The molecular weight excluding hydrogens is 399 g/mol. The molecule has 0 unspecified atom stereocenters. The second-order valence-corrected chi connectivity index (χ2v) is 0. The van der Waals surface area contributed by atoms with Crippen molar-refractivity contribution >= 4 is 59.4 Å². The molecular formula is Ga3Os. The Labute approximate surface area is 78.1 Å². The van der Waals surface area contributed by atoms with Crippen LogP contribution < -0.4 is 0 Å². The summed E-state index contributed by atoms with van der Waals surface area (Å²) in [6.45, 7) is 0. The second kappa shape index (κ2) is 17.7. The Bertz CT molecular complexity index is 3.25. The van der Waals surface area contributed by atoms with Gasteiger partial charge in [0.25, 0.3) is 0 Å². The van der Waals surface area contributed by atoms with E-state index in [0.717, 1.165) is 0 Å². The van der Waals surface area contributed by atoms with Gasteiger partial charge in [0.05, 0.1) is 0 Å². The molecule has 0 rings (SSSR count). The molecule has 0 amide bonds. The topological polar surface area (TPSA) is 0 Å². The zero-order valence-electron chi connectivity index (χ0n) is 2.09. The molecule has 0 spiro atoms. The molecule has 0 aliphatic heterocycles. The number of hydrogen-bond acceptors (Lipinski definition) is 0. The van der Waals surface area contributed by atoms with Gasteiger partial charge in [-0.2, -0.15) is 0 Å². The van der Waals surface area contributed by atoms with Crippen LogP contribution in [0.25, 0.3) is 0 Å². The average Bonchev–Trinajstić information content (AvgIpc) is 0. The second-order valence-electron chi connectivity index (χ2n) is 0. The Balaban J connectivity index is 0. The van der Waals surface area contributed by atoms with Gasteiger partial charge >= 0.3 is 0 Å². The fourth-order valence-electron chi connectivity index (χ4n) is 0.